The molecule has 0 saturated heterocycles. The van der Waals surface area contributed by atoms with E-state index in [0.717, 1.165) is 11.6 Å². The van der Waals surface area contributed by atoms with Crippen LogP contribution in [0.25, 0.3) is 29.2 Å². The lowest BCUT2D eigenvalue weighted by Gasteiger charge is -2.08. The number of hydrogen-bond donors (Lipinski definition) is 3. The molecule has 1 aromatic heterocycles. The van der Waals surface area contributed by atoms with Crippen molar-refractivity contribution >= 4 is 29.2 Å². The Morgan fingerprint density at radius 3 is 2.30 bits per heavy atom. The van der Waals surface area contributed by atoms with E-state index in [1.54, 1.807) is 42.5 Å². The Morgan fingerprint density at radius 2 is 1.63 bits per heavy atom. The van der Waals surface area contributed by atoms with E-state index in [-0.39, 0.29) is 39.9 Å². The van der Waals surface area contributed by atoms with Crippen LogP contribution in [-0.2, 0) is 0 Å². The zero-order chi connectivity index (χ0) is 19.6. The molecule has 0 aliphatic carbocycles. The second-order valence-corrected chi connectivity index (χ2v) is 6.57. The molecule has 3 N–H and O–H groups in total. The number of allylic oxidation sites excluding steroid dienone is 1. The van der Waals surface area contributed by atoms with Gasteiger partial charge in [0.15, 0.2) is 11.0 Å². The molecule has 0 unspecified atom stereocenters. The average molecular weight is 364 g/mol. The van der Waals surface area contributed by atoms with E-state index in [0.29, 0.717) is 5.56 Å². The molecule has 0 atom stereocenters. The van der Waals surface area contributed by atoms with Crippen LogP contribution in [0, 0.1) is 5.92 Å². The SMILES string of the molecule is CC(C)/C=C/c1c(O)cc(O)c2c(=O)cc(/C=C/c3ccc(O)cc3)oc12. The molecular formula is C22H20O5. The third kappa shape index (κ3) is 4.03. The van der Waals surface area contributed by atoms with Gasteiger partial charge in [0, 0.05) is 12.1 Å². The van der Waals surface area contributed by atoms with Crippen molar-refractivity contribution in [1.82, 2.24) is 0 Å². The summed E-state index contributed by atoms with van der Waals surface area (Å²) in [7, 11) is 0. The first-order valence-electron chi connectivity index (χ1n) is 8.53. The van der Waals surface area contributed by atoms with Crippen molar-refractivity contribution in [1.29, 1.82) is 0 Å². The second kappa shape index (κ2) is 7.41. The summed E-state index contributed by atoms with van der Waals surface area (Å²) in [6, 6.07) is 8.98. The highest BCUT2D eigenvalue weighted by Gasteiger charge is 2.15. The van der Waals surface area contributed by atoms with Crippen molar-refractivity contribution in [3.05, 3.63) is 69.6 Å². The lowest BCUT2D eigenvalue weighted by atomic mass is 10.1. The molecule has 0 amide bonds. The van der Waals surface area contributed by atoms with Gasteiger partial charge in [0.2, 0.25) is 0 Å². The van der Waals surface area contributed by atoms with E-state index in [1.165, 1.54) is 6.07 Å². The third-order valence-electron chi connectivity index (χ3n) is 4.00. The van der Waals surface area contributed by atoms with Gasteiger partial charge in [-0.1, -0.05) is 44.2 Å². The first-order chi connectivity index (χ1) is 12.8. The fraction of sp³-hybridized carbons (Fsp3) is 0.136. The predicted octanol–water partition coefficient (Wildman–Crippen LogP) is 4.75. The molecule has 27 heavy (non-hydrogen) atoms. The highest BCUT2D eigenvalue weighted by molar-refractivity contribution is 5.93. The van der Waals surface area contributed by atoms with E-state index in [2.05, 4.69) is 0 Å². The zero-order valence-electron chi connectivity index (χ0n) is 15.0. The van der Waals surface area contributed by atoms with E-state index in [4.69, 9.17) is 4.42 Å². The van der Waals surface area contributed by atoms with Crippen LogP contribution in [0.4, 0.5) is 0 Å². The topological polar surface area (TPSA) is 90.9 Å². The van der Waals surface area contributed by atoms with Gasteiger partial charge in [-0.25, -0.2) is 0 Å². The molecule has 0 bridgehead atoms. The first kappa shape index (κ1) is 18.3. The van der Waals surface area contributed by atoms with Crippen molar-refractivity contribution in [2.75, 3.05) is 0 Å². The fourth-order valence-electron chi connectivity index (χ4n) is 2.64. The highest BCUT2D eigenvalue weighted by Crippen LogP contribution is 2.34. The highest BCUT2D eigenvalue weighted by atomic mass is 16.3. The lowest BCUT2D eigenvalue weighted by Crippen LogP contribution is -2.02. The number of aromatic hydroxyl groups is 3. The van der Waals surface area contributed by atoms with Crippen LogP contribution in [-0.4, -0.2) is 15.3 Å². The number of hydrogen-bond acceptors (Lipinski definition) is 5. The number of phenolic OH excluding ortho intramolecular Hbond substituents is 3. The Hall–Kier alpha value is -3.47. The molecular weight excluding hydrogens is 344 g/mol. The van der Waals surface area contributed by atoms with Gasteiger partial charge in [0.05, 0.1) is 5.56 Å². The minimum Gasteiger partial charge on any atom is -0.508 e. The van der Waals surface area contributed by atoms with Gasteiger partial charge < -0.3 is 19.7 Å². The molecule has 0 fully saturated rings. The van der Waals surface area contributed by atoms with Gasteiger partial charge in [0.1, 0.15) is 28.4 Å². The van der Waals surface area contributed by atoms with Gasteiger partial charge in [-0.15, -0.1) is 0 Å². The van der Waals surface area contributed by atoms with Crippen molar-refractivity contribution in [3.8, 4) is 17.2 Å². The minimum absolute atomic E-state index is 0.0259. The van der Waals surface area contributed by atoms with Gasteiger partial charge in [-0.3, -0.25) is 4.79 Å². The summed E-state index contributed by atoms with van der Waals surface area (Å²) in [6.45, 7) is 3.97. The van der Waals surface area contributed by atoms with Crippen LogP contribution in [0.3, 0.4) is 0 Å². The lowest BCUT2D eigenvalue weighted by molar-refractivity contribution is 0.450. The molecule has 2 aromatic carbocycles. The largest absolute Gasteiger partial charge is 0.508 e. The molecule has 5 nitrogen and oxygen atoms in total. The zero-order valence-corrected chi connectivity index (χ0v) is 15.0. The van der Waals surface area contributed by atoms with Gasteiger partial charge in [-0.2, -0.15) is 0 Å². The Kier molecular flexibility index (Phi) is 5.03. The smallest absolute Gasteiger partial charge is 0.197 e. The number of benzene rings is 2. The summed E-state index contributed by atoms with van der Waals surface area (Å²) in [6.07, 6.45) is 6.89. The second-order valence-electron chi connectivity index (χ2n) is 6.57. The normalized spacial score (nSPS) is 12.0. The summed E-state index contributed by atoms with van der Waals surface area (Å²) in [5, 5.41) is 29.6. The van der Waals surface area contributed by atoms with Crippen molar-refractivity contribution < 1.29 is 19.7 Å². The monoisotopic (exact) mass is 364 g/mol. The van der Waals surface area contributed by atoms with Crippen LogP contribution in [0.5, 0.6) is 17.2 Å². The maximum atomic E-state index is 12.5. The first-order valence-corrected chi connectivity index (χ1v) is 8.53. The van der Waals surface area contributed by atoms with Crippen LogP contribution in [0.15, 0.2) is 51.7 Å². The van der Waals surface area contributed by atoms with E-state index < -0.39 is 5.43 Å². The third-order valence-corrected chi connectivity index (χ3v) is 4.00. The number of phenols is 3. The maximum absolute atomic E-state index is 12.5. The average Bonchev–Trinajstić information content (AvgIpc) is 2.60. The minimum atomic E-state index is -0.404. The van der Waals surface area contributed by atoms with E-state index >= 15 is 0 Å². The number of fused-ring (bicyclic) bond motifs is 1. The van der Waals surface area contributed by atoms with E-state index in [1.807, 2.05) is 19.9 Å². The molecule has 3 aromatic rings. The molecule has 0 radical (unpaired) electrons. The Bertz CT molecular complexity index is 1090. The van der Waals surface area contributed by atoms with Gasteiger partial charge in [-0.05, 0) is 29.7 Å². The molecule has 138 valence electrons. The summed E-state index contributed by atoms with van der Waals surface area (Å²) in [4.78, 5) is 12.5. The summed E-state index contributed by atoms with van der Waals surface area (Å²) in [5.74, 6) is 0.186. The molecule has 0 saturated carbocycles. The predicted molar refractivity (Wildman–Crippen MR) is 107 cm³/mol. The number of rotatable bonds is 4. The summed E-state index contributed by atoms with van der Waals surface area (Å²) < 4.78 is 5.81. The molecule has 1 heterocycles. The van der Waals surface area contributed by atoms with Crippen molar-refractivity contribution in [2.45, 2.75) is 13.8 Å². The molecule has 5 heteroatoms. The van der Waals surface area contributed by atoms with Crippen LogP contribution in [0.2, 0.25) is 0 Å². The van der Waals surface area contributed by atoms with Crippen LogP contribution in [0.1, 0.15) is 30.7 Å². The Balaban J connectivity index is 2.14. The van der Waals surface area contributed by atoms with Gasteiger partial charge >= 0.3 is 0 Å². The molecule has 0 aliphatic heterocycles. The molecule has 0 spiro atoms. The molecule has 3 rings (SSSR count). The molecule has 0 aliphatic rings. The van der Waals surface area contributed by atoms with Crippen LogP contribution >= 0.6 is 0 Å². The van der Waals surface area contributed by atoms with Crippen LogP contribution < -0.4 is 5.43 Å². The van der Waals surface area contributed by atoms with Crippen molar-refractivity contribution in [3.63, 3.8) is 0 Å². The van der Waals surface area contributed by atoms with Crippen molar-refractivity contribution in [2.24, 2.45) is 5.92 Å². The fourth-order valence-corrected chi connectivity index (χ4v) is 2.64. The summed E-state index contributed by atoms with van der Waals surface area (Å²) >= 11 is 0. The Morgan fingerprint density at radius 1 is 0.926 bits per heavy atom. The van der Waals surface area contributed by atoms with E-state index in [9.17, 15) is 20.1 Å². The quantitative estimate of drug-likeness (QED) is 0.621. The van der Waals surface area contributed by atoms with Gasteiger partial charge in [0.25, 0.3) is 0 Å². The Labute approximate surface area is 156 Å². The summed E-state index contributed by atoms with van der Waals surface area (Å²) in [5.41, 5.74) is 0.878. The standard InChI is InChI=1S/C22H20O5/c1-13(2)3-10-17-18(24)12-20(26)21-19(25)11-16(27-22(17)21)9-6-14-4-7-15(23)8-5-14/h3-13,23-24,26H,1-2H3/b9-6+,10-3+. The maximum Gasteiger partial charge on any atom is 0.197 e.